The number of carbonyl (C=O) groups excluding carboxylic acids is 2. The topological polar surface area (TPSA) is 67.9 Å². The maximum Gasteiger partial charge on any atom is 0.243 e. The quantitative estimate of drug-likeness (QED) is 0.537. The van der Waals surface area contributed by atoms with Crippen LogP contribution >= 0.6 is 23.2 Å². The molecule has 2 aromatic rings. The molecular formula is C25H30Cl2N2O4. The summed E-state index contributed by atoms with van der Waals surface area (Å²) in [5.74, 6) is 1.02. The zero-order chi connectivity index (χ0) is 24.2. The fourth-order valence-electron chi connectivity index (χ4n) is 3.72. The highest BCUT2D eigenvalue weighted by molar-refractivity contribution is 6.36. The Bertz CT molecular complexity index is 1000. The molecule has 1 unspecified atom stereocenters. The lowest BCUT2D eigenvalue weighted by molar-refractivity contribution is -0.142. The van der Waals surface area contributed by atoms with Crippen molar-refractivity contribution >= 4 is 35.0 Å². The molecule has 33 heavy (non-hydrogen) atoms. The van der Waals surface area contributed by atoms with Crippen molar-refractivity contribution in [1.29, 1.82) is 0 Å². The number of ether oxygens (including phenoxy) is 2. The summed E-state index contributed by atoms with van der Waals surface area (Å²) in [6.45, 7) is 7.97. The molecule has 0 saturated carbocycles. The number of rotatable bonds is 8. The van der Waals surface area contributed by atoms with Gasteiger partial charge in [0.15, 0.2) is 11.5 Å². The van der Waals surface area contributed by atoms with E-state index in [1.54, 1.807) is 23.1 Å². The van der Waals surface area contributed by atoms with Crippen molar-refractivity contribution in [1.82, 2.24) is 10.2 Å². The number of nitrogens with zero attached hydrogens (tertiary/aromatic N) is 1. The Morgan fingerprint density at radius 1 is 1.09 bits per heavy atom. The van der Waals surface area contributed by atoms with Crippen LogP contribution in [0.15, 0.2) is 36.4 Å². The first-order valence-electron chi connectivity index (χ1n) is 11.0. The van der Waals surface area contributed by atoms with E-state index in [9.17, 15) is 9.59 Å². The third kappa shape index (κ3) is 6.55. The third-order valence-corrected chi connectivity index (χ3v) is 6.05. The molecule has 1 aliphatic heterocycles. The Balaban J connectivity index is 1.83. The number of carbonyl (C=O) groups is 2. The van der Waals surface area contributed by atoms with Gasteiger partial charge in [-0.15, -0.1) is 0 Å². The van der Waals surface area contributed by atoms with Crippen LogP contribution in [0.4, 0.5) is 0 Å². The fourth-order valence-corrected chi connectivity index (χ4v) is 4.23. The van der Waals surface area contributed by atoms with Gasteiger partial charge in [0.05, 0.1) is 0 Å². The Labute approximate surface area is 205 Å². The van der Waals surface area contributed by atoms with E-state index in [0.717, 1.165) is 5.56 Å². The number of fused-ring (bicyclic) bond motifs is 1. The minimum Gasteiger partial charge on any atom is -0.454 e. The molecule has 1 heterocycles. The van der Waals surface area contributed by atoms with Gasteiger partial charge in [-0.3, -0.25) is 9.59 Å². The lowest BCUT2D eigenvalue weighted by Gasteiger charge is -2.33. The van der Waals surface area contributed by atoms with Crippen molar-refractivity contribution in [2.45, 2.75) is 65.1 Å². The van der Waals surface area contributed by atoms with Gasteiger partial charge in [0.2, 0.25) is 18.6 Å². The van der Waals surface area contributed by atoms with Crippen LogP contribution < -0.4 is 14.8 Å². The maximum atomic E-state index is 13.5. The molecule has 2 aromatic carbocycles. The van der Waals surface area contributed by atoms with Crippen LogP contribution in [0.2, 0.25) is 10.0 Å². The summed E-state index contributed by atoms with van der Waals surface area (Å²) in [6, 6.07) is 10.2. The molecule has 0 bridgehead atoms. The summed E-state index contributed by atoms with van der Waals surface area (Å²) in [5, 5.41) is 3.91. The zero-order valence-corrected chi connectivity index (χ0v) is 20.9. The van der Waals surface area contributed by atoms with Crippen molar-refractivity contribution in [3.63, 3.8) is 0 Å². The summed E-state index contributed by atoms with van der Waals surface area (Å²) >= 11 is 12.8. The van der Waals surface area contributed by atoms with E-state index < -0.39 is 11.6 Å². The molecule has 8 heteroatoms. The van der Waals surface area contributed by atoms with Crippen LogP contribution in [0.25, 0.3) is 0 Å². The van der Waals surface area contributed by atoms with Gasteiger partial charge in [0.25, 0.3) is 0 Å². The first kappa shape index (κ1) is 25.2. The first-order chi connectivity index (χ1) is 15.6. The van der Waals surface area contributed by atoms with Gasteiger partial charge in [0, 0.05) is 34.1 Å². The van der Waals surface area contributed by atoms with Gasteiger partial charge in [-0.1, -0.05) is 42.3 Å². The van der Waals surface area contributed by atoms with Crippen molar-refractivity contribution in [2.75, 3.05) is 6.79 Å². The number of hydrogen-bond acceptors (Lipinski definition) is 4. The fraction of sp³-hybridized carbons (Fsp3) is 0.440. The molecule has 0 spiro atoms. The second kappa shape index (κ2) is 10.7. The second-order valence-corrected chi connectivity index (χ2v) is 9.89. The zero-order valence-electron chi connectivity index (χ0n) is 19.4. The number of amides is 2. The van der Waals surface area contributed by atoms with Crippen LogP contribution in [0.1, 0.15) is 51.7 Å². The lowest BCUT2D eigenvalue weighted by atomic mass is 10.0. The van der Waals surface area contributed by atoms with Gasteiger partial charge in [-0.05, 0) is 63.4 Å². The smallest absolute Gasteiger partial charge is 0.243 e. The first-order valence-corrected chi connectivity index (χ1v) is 11.8. The molecule has 1 atom stereocenters. The predicted molar refractivity (Wildman–Crippen MR) is 130 cm³/mol. The van der Waals surface area contributed by atoms with Gasteiger partial charge >= 0.3 is 0 Å². The average Bonchev–Trinajstić information content (AvgIpc) is 3.20. The van der Waals surface area contributed by atoms with Crippen LogP contribution in [0, 0.1) is 0 Å². The number of hydrogen-bond donors (Lipinski definition) is 1. The number of nitrogens with one attached hydrogen (secondary N) is 1. The molecule has 6 nitrogen and oxygen atoms in total. The number of aryl methyl sites for hydroxylation is 1. The summed E-state index contributed by atoms with van der Waals surface area (Å²) in [7, 11) is 0. The summed E-state index contributed by atoms with van der Waals surface area (Å²) in [6.07, 6.45) is 1.18. The monoisotopic (exact) mass is 492 g/mol. The summed E-state index contributed by atoms with van der Waals surface area (Å²) in [5.41, 5.74) is 1.16. The van der Waals surface area contributed by atoms with E-state index in [1.165, 1.54) is 0 Å². The summed E-state index contributed by atoms with van der Waals surface area (Å²) < 4.78 is 10.8. The molecule has 0 saturated heterocycles. The molecule has 1 aliphatic rings. The van der Waals surface area contributed by atoms with Crippen molar-refractivity contribution in [3.05, 3.63) is 57.6 Å². The Morgan fingerprint density at radius 3 is 2.39 bits per heavy atom. The van der Waals surface area contributed by atoms with Crippen LogP contribution in [-0.2, 0) is 22.6 Å². The largest absolute Gasteiger partial charge is 0.454 e. The van der Waals surface area contributed by atoms with Gasteiger partial charge in [0.1, 0.15) is 6.04 Å². The standard InChI is InChI=1S/C25H30Cl2N2O4/c1-5-20(24(31)28-25(2,3)4)29(14-17-18(26)7-6-8-19(17)27)23(30)12-10-16-9-11-21-22(13-16)33-15-32-21/h6-9,11,13,20H,5,10,12,14-15H2,1-4H3,(H,28,31). The highest BCUT2D eigenvalue weighted by Crippen LogP contribution is 2.33. The average molecular weight is 493 g/mol. The summed E-state index contributed by atoms with van der Waals surface area (Å²) in [4.78, 5) is 28.1. The number of benzene rings is 2. The molecule has 0 radical (unpaired) electrons. The maximum absolute atomic E-state index is 13.5. The van der Waals surface area contributed by atoms with Crippen molar-refractivity contribution in [3.8, 4) is 11.5 Å². The van der Waals surface area contributed by atoms with Gasteiger partial charge < -0.3 is 19.7 Å². The molecule has 178 valence electrons. The van der Waals surface area contributed by atoms with E-state index in [-0.39, 0.29) is 31.6 Å². The van der Waals surface area contributed by atoms with Gasteiger partial charge in [-0.2, -0.15) is 0 Å². The number of halogens is 2. The third-order valence-electron chi connectivity index (χ3n) is 5.34. The van der Waals surface area contributed by atoms with E-state index in [0.29, 0.717) is 39.9 Å². The van der Waals surface area contributed by atoms with Gasteiger partial charge in [-0.25, -0.2) is 0 Å². The molecule has 0 aliphatic carbocycles. The molecule has 1 N–H and O–H groups in total. The molecule has 2 amide bonds. The minimum atomic E-state index is -0.652. The molecule has 0 aromatic heterocycles. The van der Waals surface area contributed by atoms with E-state index in [4.69, 9.17) is 32.7 Å². The van der Waals surface area contributed by atoms with E-state index in [2.05, 4.69) is 5.32 Å². The minimum absolute atomic E-state index is 0.147. The van der Waals surface area contributed by atoms with Crippen LogP contribution in [-0.4, -0.2) is 35.1 Å². The normalized spacial score (nSPS) is 13.5. The SMILES string of the molecule is CCC(C(=O)NC(C)(C)C)N(Cc1c(Cl)cccc1Cl)C(=O)CCc1ccc2c(c1)OCO2. The lowest BCUT2D eigenvalue weighted by Crippen LogP contribution is -2.53. The highest BCUT2D eigenvalue weighted by atomic mass is 35.5. The molecule has 3 rings (SSSR count). The van der Waals surface area contributed by atoms with E-state index in [1.807, 2.05) is 45.9 Å². The van der Waals surface area contributed by atoms with Crippen molar-refractivity contribution < 1.29 is 19.1 Å². The van der Waals surface area contributed by atoms with Crippen LogP contribution in [0.5, 0.6) is 11.5 Å². The Kier molecular flexibility index (Phi) is 8.14. The highest BCUT2D eigenvalue weighted by Gasteiger charge is 2.31. The Hall–Kier alpha value is -2.44. The molecular weight excluding hydrogens is 463 g/mol. The van der Waals surface area contributed by atoms with Crippen LogP contribution in [0.3, 0.4) is 0 Å². The van der Waals surface area contributed by atoms with E-state index >= 15 is 0 Å². The predicted octanol–water partition coefficient (Wildman–Crippen LogP) is 5.38. The second-order valence-electron chi connectivity index (χ2n) is 9.07. The Morgan fingerprint density at radius 2 is 1.76 bits per heavy atom. The molecule has 0 fully saturated rings. The van der Waals surface area contributed by atoms with Crippen molar-refractivity contribution in [2.24, 2.45) is 0 Å².